The molecule has 0 aromatic carbocycles. The van der Waals surface area contributed by atoms with Crippen LogP contribution in [0.1, 0.15) is 35.5 Å². The average molecular weight is 257 g/mol. The number of fused-ring (bicyclic) bond motifs is 1. The van der Waals surface area contributed by atoms with E-state index >= 15 is 0 Å². The fourth-order valence-electron chi connectivity index (χ4n) is 1.72. The predicted octanol–water partition coefficient (Wildman–Crippen LogP) is 1.67. The van der Waals surface area contributed by atoms with Gasteiger partial charge in [0.15, 0.2) is 0 Å². The average Bonchev–Trinajstić information content (AvgIpc) is 2.14. The highest BCUT2D eigenvalue weighted by atomic mass is 35.5. The number of pyridine rings is 1. The highest BCUT2D eigenvalue weighted by Gasteiger charge is 2.27. The molecule has 0 saturated heterocycles. The lowest BCUT2D eigenvalue weighted by molar-refractivity contribution is -0.255. The fourth-order valence-corrected chi connectivity index (χ4v) is 2.98. The molecule has 1 aromatic heterocycles. The Labute approximate surface area is 103 Å². The van der Waals surface area contributed by atoms with Gasteiger partial charge in [-0.3, -0.25) is 0 Å². The van der Waals surface area contributed by atoms with E-state index in [9.17, 15) is 9.90 Å². The summed E-state index contributed by atoms with van der Waals surface area (Å²) in [6.45, 7) is 4.28. The van der Waals surface area contributed by atoms with Crippen molar-refractivity contribution in [1.29, 1.82) is 0 Å². The maximum atomic E-state index is 10.8. The molecule has 0 unspecified atom stereocenters. The lowest BCUT2D eigenvalue weighted by atomic mass is 10.0. The van der Waals surface area contributed by atoms with E-state index in [1.165, 1.54) is 0 Å². The fraction of sp³-hybridized carbons (Fsp3) is 0.455. The summed E-state index contributed by atoms with van der Waals surface area (Å²) < 4.78 is 0.131. The Balaban J connectivity index is 2.46. The van der Waals surface area contributed by atoms with E-state index in [1.54, 1.807) is 17.8 Å². The maximum absolute atomic E-state index is 10.8. The van der Waals surface area contributed by atoms with Gasteiger partial charge in [0.05, 0.1) is 5.97 Å². The van der Waals surface area contributed by atoms with Crippen molar-refractivity contribution >= 4 is 29.3 Å². The molecule has 0 N–H and O–H groups in total. The number of carbonyl (C=O) groups is 1. The van der Waals surface area contributed by atoms with Crippen molar-refractivity contribution in [3.63, 3.8) is 0 Å². The molecule has 0 fully saturated rings. The lowest BCUT2D eigenvalue weighted by Gasteiger charge is -2.30. The number of hydrogen-bond acceptors (Lipinski definition) is 4. The van der Waals surface area contributed by atoms with E-state index in [0.717, 1.165) is 23.4 Å². The van der Waals surface area contributed by atoms with E-state index in [0.29, 0.717) is 0 Å². The van der Waals surface area contributed by atoms with Crippen LogP contribution < -0.4 is 5.11 Å². The highest BCUT2D eigenvalue weighted by Crippen LogP contribution is 2.38. The third kappa shape index (κ3) is 2.18. The molecule has 3 nitrogen and oxygen atoms in total. The monoisotopic (exact) mass is 256 g/mol. The standard InChI is InChI=1S/C11H12ClNO2S/c1-11(2)4-8-6(5-16-11)3-7(10(14)15)9(12)13-8/h3H,4-5H2,1-2H3,(H,14,15)/p-1. The molecule has 1 aromatic rings. The van der Waals surface area contributed by atoms with Gasteiger partial charge in [0.25, 0.3) is 0 Å². The van der Waals surface area contributed by atoms with E-state index in [4.69, 9.17) is 11.6 Å². The predicted molar refractivity (Wildman–Crippen MR) is 62.7 cm³/mol. The van der Waals surface area contributed by atoms with Crippen LogP contribution in [-0.4, -0.2) is 15.7 Å². The first-order valence-electron chi connectivity index (χ1n) is 4.93. The normalized spacial score (nSPS) is 17.9. The van der Waals surface area contributed by atoms with Gasteiger partial charge >= 0.3 is 0 Å². The maximum Gasteiger partial charge on any atom is 0.138 e. The molecule has 0 saturated carbocycles. The SMILES string of the molecule is CC1(C)Cc2nc(Cl)c(C(=O)[O-])cc2CS1. The van der Waals surface area contributed by atoms with E-state index in [1.807, 2.05) is 0 Å². The van der Waals surface area contributed by atoms with Gasteiger partial charge in [0.2, 0.25) is 0 Å². The molecule has 1 aliphatic heterocycles. The van der Waals surface area contributed by atoms with Crippen molar-refractivity contribution in [2.45, 2.75) is 30.8 Å². The van der Waals surface area contributed by atoms with Crippen molar-refractivity contribution in [3.8, 4) is 0 Å². The molecule has 0 atom stereocenters. The number of aromatic carboxylic acids is 1. The minimum absolute atomic E-state index is 0.0132. The van der Waals surface area contributed by atoms with Gasteiger partial charge in [-0.1, -0.05) is 25.4 Å². The number of rotatable bonds is 1. The van der Waals surface area contributed by atoms with E-state index in [2.05, 4.69) is 18.8 Å². The Morgan fingerprint density at radius 3 is 2.94 bits per heavy atom. The van der Waals surface area contributed by atoms with E-state index < -0.39 is 5.97 Å². The Hall–Kier alpha value is -0.740. The summed E-state index contributed by atoms with van der Waals surface area (Å²) in [5, 5.41) is 10.8. The summed E-state index contributed by atoms with van der Waals surface area (Å²) in [6, 6.07) is 1.59. The van der Waals surface area contributed by atoms with Crippen molar-refractivity contribution in [3.05, 3.63) is 28.0 Å². The molecule has 0 spiro atoms. The van der Waals surface area contributed by atoms with Gasteiger partial charge in [0.1, 0.15) is 5.15 Å². The summed E-state index contributed by atoms with van der Waals surface area (Å²) in [6.07, 6.45) is 0.806. The summed E-state index contributed by atoms with van der Waals surface area (Å²) in [4.78, 5) is 15.0. The van der Waals surface area contributed by atoms with Crippen LogP contribution in [0.2, 0.25) is 5.15 Å². The van der Waals surface area contributed by atoms with Gasteiger partial charge in [-0.25, -0.2) is 4.98 Å². The summed E-state index contributed by atoms with van der Waals surface area (Å²) >= 11 is 7.60. The highest BCUT2D eigenvalue weighted by molar-refractivity contribution is 7.99. The number of aromatic nitrogens is 1. The number of hydrogen-bond donors (Lipinski definition) is 0. The van der Waals surface area contributed by atoms with Gasteiger partial charge in [-0.2, -0.15) is 11.8 Å². The summed E-state index contributed by atoms with van der Waals surface area (Å²) in [5.74, 6) is -0.498. The van der Waals surface area contributed by atoms with Gasteiger partial charge in [-0.05, 0) is 11.6 Å². The molecule has 0 bridgehead atoms. The number of carboxylic acids is 1. The molecule has 0 aliphatic carbocycles. The molecule has 5 heteroatoms. The smallest absolute Gasteiger partial charge is 0.138 e. The van der Waals surface area contributed by atoms with Gasteiger partial charge in [-0.15, -0.1) is 0 Å². The molecular formula is C11H11ClNO2S-. The van der Waals surface area contributed by atoms with Crippen LogP contribution in [0.15, 0.2) is 6.07 Å². The molecule has 1 aliphatic rings. The summed E-state index contributed by atoms with van der Waals surface area (Å²) in [7, 11) is 0. The third-order valence-corrected chi connectivity index (χ3v) is 4.25. The molecule has 16 heavy (non-hydrogen) atoms. The summed E-state index contributed by atoms with van der Waals surface area (Å²) in [5.41, 5.74) is 1.84. The zero-order chi connectivity index (χ0) is 11.9. The zero-order valence-corrected chi connectivity index (χ0v) is 10.6. The number of thioether (sulfide) groups is 1. The minimum atomic E-state index is -1.27. The number of carbonyl (C=O) groups excluding carboxylic acids is 1. The largest absolute Gasteiger partial charge is 0.545 e. The van der Waals surface area contributed by atoms with Crippen LogP contribution in [0.3, 0.4) is 0 Å². The zero-order valence-electron chi connectivity index (χ0n) is 9.04. The number of nitrogens with zero attached hydrogens (tertiary/aromatic N) is 1. The van der Waals surface area contributed by atoms with E-state index in [-0.39, 0.29) is 15.5 Å². The Kier molecular flexibility index (Phi) is 2.88. The molecule has 2 heterocycles. The number of carboxylic acid groups (broad SMARTS) is 1. The second kappa shape index (κ2) is 3.93. The van der Waals surface area contributed by atoms with Crippen LogP contribution in [0.4, 0.5) is 0 Å². The third-order valence-electron chi connectivity index (χ3n) is 2.58. The molecule has 2 rings (SSSR count). The molecule has 0 radical (unpaired) electrons. The van der Waals surface area contributed by atoms with Crippen LogP contribution in [0.5, 0.6) is 0 Å². The molecule has 0 amide bonds. The van der Waals surface area contributed by atoms with Crippen LogP contribution in [0.25, 0.3) is 0 Å². The number of halogens is 1. The Bertz CT molecular complexity index is 460. The molecule has 86 valence electrons. The first-order valence-corrected chi connectivity index (χ1v) is 6.29. The molecular weight excluding hydrogens is 246 g/mol. The van der Waals surface area contributed by atoms with Crippen molar-refractivity contribution in [2.24, 2.45) is 0 Å². The lowest BCUT2D eigenvalue weighted by Crippen LogP contribution is -2.27. The topological polar surface area (TPSA) is 53.0 Å². The minimum Gasteiger partial charge on any atom is -0.545 e. The second-order valence-corrected chi connectivity index (χ2v) is 6.49. The quantitative estimate of drug-likeness (QED) is 0.718. The first-order chi connectivity index (χ1) is 7.39. The van der Waals surface area contributed by atoms with Gasteiger partial charge in [0, 0.05) is 28.2 Å². The van der Waals surface area contributed by atoms with Crippen molar-refractivity contribution in [2.75, 3.05) is 0 Å². The van der Waals surface area contributed by atoms with Crippen molar-refractivity contribution < 1.29 is 9.90 Å². The van der Waals surface area contributed by atoms with Crippen LogP contribution >= 0.6 is 23.4 Å². The second-order valence-electron chi connectivity index (χ2n) is 4.45. The Morgan fingerprint density at radius 1 is 1.62 bits per heavy atom. The first kappa shape index (κ1) is 11.7. The van der Waals surface area contributed by atoms with Crippen LogP contribution in [0, 0.1) is 0 Å². The van der Waals surface area contributed by atoms with Crippen molar-refractivity contribution in [1.82, 2.24) is 4.98 Å². The van der Waals surface area contributed by atoms with Gasteiger partial charge < -0.3 is 9.90 Å². The Morgan fingerprint density at radius 2 is 2.31 bits per heavy atom. The van der Waals surface area contributed by atoms with Crippen LogP contribution in [-0.2, 0) is 12.2 Å².